The van der Waals surface area contributed by atoms with Crippen LogP contribution < -0.4 is 0 Å². The van der Waals surface area contributed by atoms with Gasteiger partial charge in [-0.05, 0) is 40.5 Å². The van der Waals surface area contributed by atoms with Crippen LogP contribution in [0.15, 0.2) is 0 Å². The number of carbonyl (C=O) groups excluding carboxylic acids is 2. The Morgan fingerprint density at radius 3 is 1.81 bits per heavy atom. The predicted octanol–water partition coefficient (Wildman–Crippen LogP) is 2.98. The van der Waals surface area contributed by atoms with Gasteiger partial charge in [-0.1, -0.05) is 26.7 Å². The molecule has 124 valence electrons. The predicted molar refractivity (Wildman–Crippen MR) is 80.8 cm³/mol. The lowest BCUT2D eigenvalue weighted by molar-refractivity contribution is -0.174. The first kappa shape index (κ1) is 19.9. The highest BCUT2D eigenvalue weighted by atomic mass is 16.6. The summed E-state index contributed by atoms with van der Waals surface area (Å²) < 4.78 is 10.5. The van der Waals surface area contributed by atoms with Gasteiger partial charge < -0.3 is 14.6 Å². The second-order valence-electron chi connectivity index (χ2n) is 6.63. The molecule has 1 atom stereocenters. The lowest BCUT2D eigenvalue weighted by Gasteiger charge is -2.27. The number of carbonyl (C=O) groups is 2. The van der Waals surface area contributed by atoms with E-state index in [1.165, 1.54) is 0 Å². The molecular formula is C16H30O5. The van der Waals surface area contributed by atoms with Gasteiger partial charge in [0.1, 0.15) is 11.2 Å². The van der Waals surface area contributed by atoms with E-state index < -0.39 is 29.2 Å². The van der Waals surface area contributed by atoms with E-state index in [1.54, 1.807) is 13.8 Å². The van der Waals surface area contributed by atoms with E-state index in [1.807, 2.05) is 27.7 Å². The topological polar surface area (TPSA) is 72.8 Å². The Balaban J connectivity index is 4.38. The number of aliphatic hydroxyl groups is 1. The summed E-state index contributed by atoms with van der Waals surface area (Å²) in [6, 6.07) is 0. The van der Waals surface area contributed by atoms with Gasteiger partial charge in [-0.15, -0.1) is 0 Å². The molecule has 0 saturated heterocycles. The molecule has 0 aliphatic heterocycles. The Hall–Kier alpha value is -1.10. The van der Waals surface area contributed by atoms with Crippen molar-refractivity contribution in [1.82, 2.24) is 0 Å². The summed E-state index contributed by atoms with van der Waals surface area (Å²) in [6.07, 6.45) is 1.31. The van der Waals surface area contributed by atoms with Crippen LogP contribution in [-0.2, 0) is 19.1 Å². The van der Waals surface area contributed by atoms with E-state index in [0.29, 0.717) is 6.42 Å². The Bertz CT molecular complexity index is 347. The molecule has 0 saturated carbocycles. The Kier molecular flexibility index (Phi) is 7.93. The Morgan fingerprint density at radius 1 is 0.952 bits per heavy atom. The summed E-state index contributed by atoms with van der Waals surface area (Å²) in [5.74, 6) is -1.37. The molecule has 0 bridgehead atoms. The van der Waals surface area contributed by atoms with Crippen LogP contribution in [0.1, 0.15) is 73.6 Å². The molecule has 0 aromatic heterocycles. The van der Waals surface area contributed by atoms with E-state index in [0.717, 1.165) is 19.3 Å². The molecule has 0 aliphatic carbocycles. The summed E-state index contributed by atoms with van der Waals surface area (Å²) in [7, 11) is 0. The zero-order valence-corrected chi connectivity index (χ0v) is 14.2. The van der Waals surface area contributed by atoms with Crippen LogP contribution in [0, 0.1) is 0 Å². The van der Waals surface area contributed by atoms with Gasteiger partial charge in [0.05, 0.1) is 6.42 Å². The molecule has 0 amide bonds. The van der Waals surface area contributed by atoms with Crippen molar-refractivity contribution in [3.8, 4) is 0 Å². The average Bonchev–Trinajstić information content (AvgIpc) is 2.26. The van der Waals surface area contributed by atoms with Crippen LogP contribution in [0.4, 0.5) is 0 Å². The summed E-state index contributed by atoms with van der Waals surface area (Å²) in [6.45, 7) is 11.2. The van der Waals surface area contributed by atoms with E-state index in [9.17, 15) is 14.7 Å². The monoisotopic (exact) mass is 302 g/mol. The first-order valence-corrected chi connectivity index (χ1v) is 7.65. The fourth-order valence-electron chi connectivity index (χ4n) is 2.24. The van der Waals surface area contributed by atoms with E-state index in [4.69, 9.17) is 9.47 Å². The minimum Gasteiger partial charge on any atom is -0.460 e. The maximum Gasteiger partial charge on any atom is 0.336 e. The maximum atomic E-state index is 11.8. The van der Waals surface area contributed by atoms with Crippen molar-refractivity contribution in [3.63, 3.8) is 0 Å². The summed E-state index contributed by atoms with van der Waals surface area (Å²) in [5, 5.41) is 9.77. The maximum absolute atomic E-state index is 11.8. The molecule has 0 heterocycles. The van der Waals surface area contributed by atoms with E-state index in [-0.39, 0.29) is 6.42 Å². The van der Waals surface area contributed by atoms with Crippen LogP contribution in [0.5, 0.6) is 0 Å². The van der Waals surface area contributed by atoms with Crippen molar-refractivity contribution in [2.45, 2.75) is 91.0 Å². The fraction of sp³-hybridized carbons (Fsp3) is 0.875. The van der Waals surface area contributed by atoms with Crippen molar-refractivity contribution in [1.29, 1.82) is 0 Å². The Labute approximate surface area is 128 Å². The summed E-state index contributed by atoms with van der Waals surface area (Å²) in [4.78, 5) is 23.5. The van der Waals surface area contributed by atoms with Gasteiger partial charge in [0.25, 0.3) is 0 Å². The highest BCUT2D eigenvalue weighted by Gasteiger charge is 2.30. The molecule has 5 heteroatoms. The van der Waals surface area contributed by atoms with Gasteiger partial charge in [0.15, 0.2) is 6.10 Å². The number of hydrogen-bond donors (Lipinski definition) is 1. The average molecular weight is 302 g/mol. The van der Waals surface area contributed by atoms with Gasteiger partial charge in [0.2, 0.25) is 0 Å². The molecule has 0 radical (unpaired) electrons. The molecule has 0 aromatic rings. The molecule has 1 unspecified atom stereocenters. The van der Waals surface area contributed by atoms with Gasteiger partial charge in [-0.25, -0.2) is 4.79 Å². The molecule has 0 fully saturated rings. The van der Waals surface area contributed by atoms with Crippen LogP contribution in [-0.4, -0.2) is 34.4 Å². The number of hydrogen-bond acceptors (Lipinski definition) is 5. The van der Waals surface area contributed by atoms with Crippen molar-refractivity contribution in [3.05, 3.63) is 0 Å². The largest absolute Gasteiger partial charge is 0.460 e. The van der Waals surface area contributed by atoms with Crippen LogP contribution in [0.2, 0.25) is 0 Å². The number of esters is 2. The lowest BCUT2D eigenvalue weighted by Crippen LogP contribution is -2.36. The quantitative estimate of drug-likeness (QED) is 0.663. The third-order valence-electron chi connectivity index (χ3n) is 3.10. The van der Waals surface area contributed by atoms with E-state index >= 15 is 0 Å². The molecule has 0 rings (SSSR count). The molecule has 5 nitrogen and oxygen atoms in total. The third-order valence-corrected chi connectivity index (χ3v) is 3.10. The number of ether oxygens (including phenoxy) is 2. The summed E-state index contributed by atoms with van der Waals surface area (Å²) >= 11 is 0. The first-order chi connectivity index (χ1) is 9.53. The minimum absolute atomic E-state index is 0.381. The fourth-order valence-corrected chi connectivity index (χ4v) is 2.24. The number of rotatable bonds is 9. The van der Waals surface area contributed by atoms with Crippen molar-refractivity contribution < 1.29 is 24.2 Å². The molecule has 0 aromatic carbocycles. The SMILES string of the molecule is CCCC(C)(C)OC(=O)CC(O)C(=O)OC(C)(C)CCC. The van der Waals surface area contributed by atoms with Crippen LogP contribution in [0.25, 0.3) is 0 Å². The zero-order valence-electron chi connectivity index (χ0n) is 14.2. The third kappa shape index (κ3) is 8.71. The number of aliphatic hydroxyl groups excluding tert-OH is 1. The Morgan fingerprint density at radius 2 is 1.38 bits per heavy atom. The normalized spacial score (nSPS) is 13.7. The lowest BCUT2D eigenvalue weighted by atomic mass is 10.0. The molecule has 1 N–H and O–H groups in total. The minimum atomic E-state index is -1.48. The molecule has 21 heavy (non-hydrogen) atoms. The highest BCUT2D eigenvalue weighted by molar-refractivity contribution is 5.82. The van der Waals surface area contributed by atoms with Crippen LogP contribution in [0.3, 0.4) is 0 Å². The molecule has 0 aliphatic rings. The summed E-state index contributed by atoms with van der Waals surface area (Å²) in [5.41, 5.74) is -1.23. The van der Waals surface area contributed by atoms with Crippen molar-refractivity contribution in [2.24, 2.45) is 0 Å². The van der Waals surface area contributed by atoms with E-state index in [2.05, 4.69) is 0 Å². The first-order valence-electron chi connectivity index (χ1n) is 7.65. The van der Waals surface area contributed by atoms with Gasteiger partial charge in [-0.3, -0.25) is 4.79 Å². The zero-order chi connectivity index (χ0) is 16.7. The second-order valence-corrected chi connectivity index (χ2v) is 6.63. The second kappa shape index (κ2) is 8.37. The van der Waals surface area contributed by atoms with Crippen LogP contribution >= 0.6 is 0 Å². The van der Waals surface area contributed by atoms with Gasteiger partial charge >= 0.3 is 11.9 Å². The van der Waals surface area contributed by atoms with Crippen molar-refractivity contribution >= 4 is 11.9 Å². The highest BCUT2D eigenvalue weighted by Crippen LogP contribution is 2.20. The molecule has 0 spiro atoms. The van der Waals surface area contributed by atoms with Gasteiger partial charge in [0, 0.05) is 0 Å². The smallest absolute Gasteiger partial charge is 0.336 e. The van der Waals surface area contributed by atoms with Crippen molar-refractivity contribution in [2.75, 3.05) is 0 Å². The molecular weight excluding hydrogens is 272 g/mol. The standard InChI is InChI=1S/C16H30O5/c1-7-9-15(3,4)20-13(18)11-12(17)14(19)21-16(5,6)10-8-2/h12,17H,7-11H2,1-6H3. The van der Waals surface area contributed by atoms with Gasteiger partial charge in [-0.2, -0.15) is 0 Å².